The fourth-order valence-electron chi connectivity index (χ4n) is 2.80. The third-order valence-electron chi connectivity index (χ3n) is 4.20. The Bertz CT molecular complexity index is 667. The zero-order valence-electron chi connectivity index (χ0n) is 14.8. The lowest BCUT2D eigenvalue weighted by molar-refractivity contribution is 0.354. The van der Waals surface area contributed by atoms with Crippen LogP contribution in [0, 0.1) is 5.92 Å². The summed E-state index contributed by atoms with van der Waals surface area (Å²) in [5.41, 5.74) is 2.41. The number of methoxy groups -OCH3 is 3. The molecule has 0 saturated carbocycles. The van der Waals surface area contributed by atoms with Crippen molar-refractivity contribution in [2.24, 2.45) is 5.92 Å². The Hall–Kier alpha value is -2.36. The lowest BCUT2D eigenvalue weighted by Crippen LogP contribution is -2.03. The molecule has 0 radical (unpaired) electrons. The molecule has 0 fully saturated rings. The minimum atomic E-state index is 0.180. The molecule has 0 heterocycles. The van der Waals surface area contributed by atoms with E-state index >= 15 is 0 Å². The van der Waals surface area contributed by atoms with Gasteiger partial charge in [-0.1, -0.05) is 19.1 Å². The highest BCUT2D eigenvalue weighted by Gasteiger charge is 2.09. The molecule has 0 aliphatic rings. The topological polar surface area (TPSA) is 47.9 Å². The van der Waals surface area contributed by atoms with Crippen molar-refractivity contribution in [2.45, 2.75) is 26.2 Å². The summed E-state index contributed by atoms with van der Waals surface area (Å²) in [6.07, 6.45) is 2.99. The van der Waals surface area contributed by atoms with Crippen molar-refractivity contribution in [1.82, 2.24) is 0 Å². The van der Waals surface area contributed by atoms with Gasteiger partial charge in [-0.05, 0) is 60.6 Å². The van der Waals surface area contributed by atoms with E-state index in [0.717, 1.165) is 30.8 Å². The van der Waals surface area contributed by atoms with Crippen LogP contribution in [0.1, 0.15) is 24.5 Å². The molecule has 1 N–H and O–H groups in total. The van der Waals surface area contributed by atoms with Gasteiger partial charge in [0.2, 0.25) is 0 Å². The van der Waals surface area contributed by atoms with Gasteiger partial charge in [0.1, 0.15) is 0 Å². The number of benzene rings is 2. The van der Waals surface area contributed by atoms with Gasteiger partial charge < -0.3 is 19.3 Å². The van der Waals surface area contributed by atoms with E-state index < -0.39 is 0 Å². The van der Waals surface area contributed by atoms with Crippen LogP contribution in [0.3, 0.4) is 0 Å². The highest BCUT2D eigenvalue weighted by molar-refractivity contribution is 5.43. The van der Waals surface area contributed by atoms with Gasteiger partial charge in [0.25, 0.3) is 0 Å². The van der Waals surface area contributed by atoms with Crippen molar-refractivity contribution in [2.75, 3.05) is 21.3 Å². The molecule has 0 aliphatic carbocycles. The van der Waals surface area contributed by atoms with Crippen LogP contribution < -0.4 is 14.2 Å². The number of aryl methyl sites for hydroxylation is 1. The molecule has 24 heavy (non-hydrogen) atoms. The molecule has 2 rings (SSSR count). The summed E-state index contributed by atoms with van der Waals surface area (Å²) in [7, 11) is 4.87. The summed E-state index contributed by atoms with van der Waals surface area (Å²) >= 11 is 0. The number of hydrogen-bond donors (Lipinski definition) is 1. The average Bonchev–Trinajstić information content (AvgIpc) is 2.60. The number of ether oxygens (including phenoxy) is 3. The number of hydrogen-bond acceptors (Lipinski definition) is 4. The summed E-state index contributed by atoms with van der Waals surface area (Å²) in [4.78, 5) is 0. The van der Waals surface area contributed by atoms with Gasteiger partial charge >= 0.3 is 0 Å². The highest BCUT2D eigenvalue weighted by atomic mass is 16.5. The largest absolute Gasteiger partial charge is 0.504 e. The van der Waals surface area contributed by atoms with Gasteiger partial charge in [-0.2, -0.15) is 0 Å². The van der Waals surface area contributed by atoms with Gasteiger partial charge in [-0.3, -0.25) is 0 Å². The zero-order valence-corrected chi connectivity index (χ0v) is 14.8. The van der Waals surface area contributed by atoms with Crippen molar-refractivity contribution < 1.29 is 19.3 Å². The van der Waals surface area contributed by atoms with Gasteiger partial charge in [0.05, 0.1) is 21.3 Å². The molecule has 130 valence electrons. The van der Waals surface area contributed by atoms with E-state index in [4.69, 9.17) is 14.2 Å². The number of rotatable bonds is 8. The van der Waals surface area contributed by atoms with Crippen molar-refractivity contribution in [3.8, 4) is 23.0 Å². The second-order valence-corrected chi connectivity index (χ2v) is 6.04. The maximum atomic E-state index is 9.65. The van der Waals surface area contributed by atoms with Crippen LogP contribution in [0.2, 0.25) is 0 Å². The molecule has 4 heteroatoms. The van der Waals surface area contributed by atoms with E-state index in [9.17, 15) is 5.11 Å². The summed E-state index contributed by atoms with van der Waals surface area (Å²) in [5.74, 6) is 2.76. The molecule has 0 saturated heterocycles. The first-order valence-electron chi connectivity index (χ1n) is 8.14. The van der Waals surface area contributed by atoms with Crippen LogP contribution >= 0.6 is 0 Å². The first kappa shape index (κ1) is 18.0. The van der Waals surface area contributed by atoms with Crippen LogP contribution in [0.4, 0.5) is 0 Å². The first-order chi connectivity index (χ1) is 11.6. The van der Waals surface area contributed by atoms with Crippen molar-refractivity contribution >= 4 is 0 Å². The van der Waals surface area contributed by atoms with Crippen LogP contribution in [-0.2, 0) is 12.8 Å². The van der Waals surface area contributed by atoms with Gasteiger partial charge in [-0.15, -0.1) is 0 Å². The lowest BCUT2D eigenvalue weighted by Gasteiger charge is -2.14. The Balaban J connectivity index is 1.95. The molecule has 1 unspecified atom stereocenters. The van der Waals surface area contributed by atoms with Crippen molar-refractivity contribution in [1.29, 1.82) is 0 Å². The van der Waals surface area contributed by atoms with E-state index in [1.807, 2.05) is 24.3 Å². The highest BCUT2D eigenvalue weighted by Crippen LogP contribution is 2.30. The average molecular weight is 330 g/mol. The van der Waals surface area contributed by atoms with Crippen molar-refractivity contribution in [3.05, 3.63) is 47.5 Å². The Morgan fingerprint density at radius 1 is 0.833 bits per heavy atom. The zero-order chi connectivity index (χ0) is 17.5. The molecular formula is C20H26O4. The second kappa shape index (κ2) is 8.48. The second-order valence-electron chi connectivity index (χ2n) is 6.04. The first-order valence-corrected chi connectivity index (χ1v) is 8.14. The third kappa shape index (κ3) is 4.57. The summed E-state index contributed by atoms with van der Waals surface area (Å²) in [5, 5.41) is 9.65. The standard InChI is InChI=1S/C20H26O4/c1-14(5-6-15-7-9-17(21)19(12-15)23-3)11-16-8-10-18(22-2)20(13-16)24-4/h7-10,12-14,21H,5-6,11H2,1-4H3. The van der Waals surface area contributed by atoms with Gasteiger partial charge in [0.15, 0.2) is 23.0 Å². The maximum absolute atomic E-state index is 9.65. The Labute approximate surface area is 144 Å². The number of phenols is 1. The van der Waals surface area contributed by atoms with E-state index in [0.29, 0.717) is 11.7 Å². The van der Waals surface area contributed by atoms with Crippen LogP contribution in [0.5, 0.6) is 23.0 Å². The molecule has 4 nitrogen and oxygen atoms in total. The monoisotopic (exact) mass is 330 g/mol. The summed E-state index contributed by atoms with van der Waals surface area (Å²) in [6, 6.07) is 11.6. The molecule has 0 aromatic heterocycles. The number of phenolic OH excluding ortho intramolecular Hbond substituents is 1. The Morgan fingerprint density at radius 3 is 2.12 bits per heavy atom. The van der Waals surface area contributed by atoms with E-state index in [-0.39, 0.29) is 5.75 Å². The molecule has 0 aliphatic heterocycles. The Morgan fingerprint density at radius 2 is 1.46 bits per heavy atom. The molecule has 0 spiro atoms. The fraction of sp³-hybridized carbons (Fsp3) is 0.400. The quantitative estimate of drug-likeness (QED) is 0.787. The minimum Gasteiger partial charge on any atom is -0.504 e. The summed E-state index contributed by atoms with van der Waals surface area (Å²) < 4.78 is 15.8. The SMILES string of the molecule is COc1cc(CCC(C)Cc2ccc(OC)c(OC)c2)ccc1O. The maximum Gasteiger partial charge on any atom is 0.160 e. The number of aromatic hydroxyl groups is 1. The molecule has 0 amide bonds. The molecule has 2 aromatic rings. The van der Waals surface area contributed by atoms with Crippen molar-refractivity contribution in [3.63, 3.8) is 0 Å². The van der Waals surface area contributed by atoms with Gasteiger partial charge in [0, 0.05) is 0 Å². The van der Waals surface area contributed by atoms with E-state index in [2.05, 4.69) is 13.0 Å². The third-order valence-corrected chi connectivity index (χ3v) is 4.20. The minimum absolute atomic E-state index is 0.180. The molecule has 2 aromatic carbocycles. The fourth-order valence-corrected chi connectivity index (χ4v) is 2.80. The molecular weight excluding hydrogens is 304 g/mol. The van der Waals surface area contributed by atoms with Crippen LogP contribution in [0.15, 0.2) is 36.4 Å². The molecule has 1 atom stereocenters. The predicted octanol–water partition coefficient (Wildman–Crippen LogP) is 4.23. The predicted molar refractivity (Wildman–Crippen MR) is 95.4 cm³/mol. The smallest absolute Gasteiger partial charge is 0.160 e. The Kier molecular flexibility index (Phi) is 6.36. The van der Waals surface area contributed by atoms with E-state index in [1.165, 1.54) is 11.1 Å². The molecule has 0 bridgehead atoms. The van der Waals surface area contributed by atoms with E-state index in [1.54, 1.807) is 27.4 Å². The van der Waals surface area contributed by atoms with Crippen LogP contribution in [-0.4, -0.2) is 26.4 Å². The summed E-state index contributed by atoms with van der Waals surface area (Å²) in [6.45, 7) is 2.24. The lowest BCUT2D eigenvalue weighted by atomic mass is 9.94. The van der Waals surface area contributed by atoms with Gasteiger partial charge in [-0.25, -0.2) is 0 Å². The normalized spacial score (nSPS) is 11.8. The van der Waals surface area contributed by atoms with Crippen LogP contribution in [0.25, 0.3) is 0 Å².